The first-order valence-electron chi connectivity index (χ1n) is 10.4. The molecule has 0 unspecified atom stereocenters. The number of guanidine groups is 1. The highest BCUT2D eigenvalue weighted by Crippen LogP contribution is 2.32. The van der Waals surface area contributed by atoms with Crippen LogP contribution in [0.5, 0.6) is 11.5 Å². The Labute approximate surface area is 187 Å². The minimum Gasteiger partial charge on any atom is -0.454 e. The lowest BCUT2D eigenvalue weighted by Crippen LogP contribution is -2.36. The Hall–Kier alpha value is -3.81. The fraction of sp³-hybridized carbons (Fsp3) is 0.292. The van der Waals surface area contributed by atoms with Crippen molar-refractivity contribution in [1.82, 2.24) is 15.1 Å². The first kappa shape index (κ1) is 21.4. The van der Waals surface area contributed by atoms with Gasteiger partial charge in [-0.25, -0.2) is 4.99 Å². The summed E-state index contributed by atoms with van der Waals surface area (Å²) in [5.74, 6) is 1.26. The van der Waals surface area contributed by atoms with E-state index < -0.39 is 0 Å². The predicted molar refractivity (Wildman–Crippen MR) is 123 cm³/mol. The van der Waals surface area contributed by atoms with Crippen LogP contribution in [0.2, 0.25) is 0 Å². The van der Waals surface area contributed by atoms with Gasteiger partial charge in [-0.2, -0.15) is 5.10 Å². The molecule has 0 atom stereocenters. The summed E-state index contributed by atoms with van der Waals surface area (Å²) in [6, 6.07) is 11.1. The maximum absolute atomic E-state index is 13.0. The minimum absolute atomic E-state index is 0.158. The second-order valence-electron chi connectivity index (χ2n) is 7.83. The molecule has 3 aromatic rings. The molecule has 2 heterocycles. The Kier molecular flexibility index (Phi) is 5.85. The molecule has 0 radical (unpaired) electrons. The van der Waals surface area contributed by atoms with Crippen LogP contribution in [-0.4, -0.2) is 28.4 Å². The van der Waals surface area contributed by atoms with Gasteiger partial charge in [-0.1, -0.05) is 12.1 Å². The monoisotopic (exact) mass is 433 g/mol. The van der Waals surface area contributed by atoms with E-state index in [2.05, 4.69) is 15.7 Å². The Morgan fingerprint density at radius 2 is 1.91 bits per heavy atom. The summed E-state index contributed by atoms with van der Waals surface area (Å²) in [7, 11) is 1.91. The van der Waals surface area contributed by atoms with Crippen molar-refractivity contribution in [3.8, 4) is 11.5 Å². The zero-order valence-electron chi connectivity index (χ0n) is 18.9. The first-order valence-corrected chi connectivity index (χ1v) is 10.4. The van der Waals surface area contributed by atoms with Crippen LogP contribution in [0.1, 0.15) is 38.4 Å². The Balaban J connectivity index is 1.61. The molecule has 8 heteroatoms. The molecule has 1 amide bonds. The minimum atomic E-state index is -0.292. The lowest BCUT2D eigenvalue weighted by Gasteiger charge is -2.15. The van der Waals surface area contributed by atoms with Gasteiger partial charge >= 0.3 is 0 Å². The molecular formula is C24H27N5O3. The van der Waals surface area contributed by atoms with Gasteiger partial charge in [-0.15, -0.1) is 0 Å². The van der Waals surface area contributed by atoms with Gasteiger partial charge in [0.15, 0.2) is 11.5 Å². The molecule has 166 valence electrons. The van der Waals surface area contributed by atoms with Crippen LogP contribution in [0.3, 0.4) is 0 Å². The number of amides is 1. The van der Waals surface area contributed by atoms with E-state index in [4.69, 9.17) is 14.5 Å². The number of carbonyl (C=O) groups is 1. The van der Waals surface area contributed by atoms with Gasteiger partial charge in [0, 0.05) is 29.6 Å². The third-order valence-electron chi connectivity index (χ3n) is 5.78. The van der Waals surface area contributed by atoms with E-state index in [-0.39, 0.29) is 12.7 Å². The van der Waals surface area contributed by atoms with Crippen molar-refractivity contribution >= 4 is 17.6 Å². The van der Waals surface area contributed by atoms with Crippen molar-refractivity contribution in [2.45, 2.75) is 34.2 Å². The molecule has 1 aliphatic rings. The normalized spacial score (nSPS) is 12.7. The van der Waals surface area contributed by atoms with Crippen LogP contribution in [0, 0.1) is 27.7 Å². The molecule has 8 nitrogen and oxygen atoms in total. The van der Waals surface area contributed by atoms with Crippen molar-refractivity contribution in [2.75, 3.05) is 12.1 Å². The summed E-state index contributed by atoms with van der Waals surface area (Å²) >= 11 is 0. The fourth-order valence-corrected chi connectivity index (χ4v) is 3.55. The van der Waals surface area contributed by atoms with Crippen LogP contribution in [-0.2, 0) is 13.6 Å². The number of ether oxygens (including phenoxy) is 2. The molecule has 1 aliphatic heterocycles. The van der Waals surface area contributed by atoms with Gasteiger partial charge in [0.1, 0.15) is 0 Å². The molecule has 2 N–H and O–H groups in total. The second-order valence-corrected chi connectivity index (χ2v) is 7.83. The summed E-state index contributed by atoms with van der Waals surface area (Å²) in [4.78, 5) is 17.7. The molecule has 4 rings (SSSR count). The average molecular weight is 434 g/mol. The third kappa shape index (κ3) is 4.30. The van der Waals surface area contributed by atoms with Crippen LogP contribution in [0.4, 0.5) is 5.69 Å². The van der Waals surface area contributed by atoms with Crippen molar-refractivity contribution in [3.63, 3.8) is 0 Å². The summed E-state index contributed by atoms with van der Waals surface area (Å²) in [6.07, 6.45) is 0. The summed E-state index contributed by atoms with van der Waals surface area (Å²) < 4.78 is 12.6. The van der Waals surface area contributed by atoms with Gasteiger partial charge < -0.3 is 14.8 Å². The van der Waals surface area contributed by atoms with Gasteiger partial charge in [0.05, 0.1) is 12.2 Å². The molecular weight excluding hydrogens is 406 g/mol. The van der Waals surface area contributed by atoms with Crippen LogP contribution < -0.4 is 20.1 Å². The molecule has 0 bridgehead atoms. The molecule has 0 saturated heterocycles. The maximum Gasteiger partial charge on any atom is 0.258 e. The van der Waals surface area contributed by atoms with Crippen LogP contribution >= 0.6 is 0 Å². The molecule has 1 aromatic heterocycles. The number of rotatable bonds is 4. The molecule has 0 spiro atoms. The SMILES string of the molecule is Cc1cccc(NC(=NCc2c(C)nn(C)c2C)NC(=O)c2ccc3c(c2)OCO3)c1C. The number of aliphatic imine (C=N–C) groups is 1. The Morgan fingerprint density at radius 3 is 2.66 bits per heavy atom. The lowest BCUT2D eigenvalue weighted by molar-refractivity contribution is 0.0976. The number of nitrogens with one attached hydrogen (secondary N) is 2. The van der Waals surface area contributed by atoms with Crippen LogP contribution in [0.15, 0.2) is 41.4 Å². The Bertz CT molecular complexity index is 1210. The molecule has 32 heavy (non-hydrogen) atoms. The number of fused-ring (bicyclic) bond motifs is 1. The fourth-order valence-electron chi connectivity index (χ4n) is 3.55. The molecule has 0 fully saturated rings. The van der Waals surface area contributed by atoms with E-state index in [9.17, 15) is 4.79 Å². The van der Waals surface area contributed by atoms with Crippen molar-refractivity contribution in [1.29, 1.82) is 0 Å². The molecule has 0 saturated carbocycles. The number of benzene rings is 2. The van der Waals surface area contributed by atoms with E-state index in [1.807, 2.05) is 57.6 Å². The lowest BCUT2D eigenvalue weighted by atomic mass is 10.1. The van der Waals surface area contributed by atoms with Gasteiger partial charge in [-0.3, -0.25) is 14.8 Å². The number of carbonyl (C=O) groups excluding carboxylic acids is 1. The smallest absolute Gasteiger partial charge is 0.258 e. The highest BCUT2D eigenvalue weighted by atomic mass is 16.7. The van der Waals surface area contributed by atoms with E-state index in [1.165, 1.54) is 0 Å². The summed E-state index contributed by atoms with van der Waals surface area (Å²) in [5, 5.41) is 10.7. The van der Waals surface area contributed by atoms with Crippen LogP contribution in [0.25, 0.3) is 0 Å². The highest BCUT2D eigenvalue weighted by Gasteiger charge is 2.18. The van der Waals surface area contributed by atoms with Gasteiger partial charge in [0.25, 0.3) is 5.91 Å². The van der Waals surface area contributed by atoms with E-state index >= 15 is 0 Å². The largest absolute Gasteiger partial charge is 0.454 e. The van der Waals surface area contributed by atoms with E-state index in [0.717, 1.165) is 33.8 Å². The van der Waals surface area contributed by atoms with Gasteiger partial charge in [0.2, 0.25) is 12.8 Å². The number of hydrogen-bond acceptors (Lipinski definition) is 5. The third-order valence-corrected chi connectivity index (χ3v) is 5.78. The van der Waals surface area contributed by atoms with Gasteiger partial charge in [-0.05, 0) is 63.1 Å². The van der Waals surface area contributed by atoms with Crippen molar-refractivity contribution < 1.29 is 14.3 Å². The molecule has 0 aliphatic carbocycles. The van der Waals surface area contributed by atoms with E-state index in [1.54, 1.807) is 18.2 Å². The average Bonchev–Trinajstić information content (AvgIpc) is 3.33. The number of nitrogens with zero attached hydrogens (tertiary/aromatic N) is 3. The summed E-state index contributed by atoms with van der Waals surface area (Å²) in [5.41, 5.74) is 6.57. The molecule has 2 aromatic carbocycles. The highest BCUT2D eigenvalue weighted by molar-refractivity contribution is 6.10. The van der Waals surface area contributed by atoms with Crippen molar-refractivity contribution in [2.24, 2.45) is 12.0 Å². The number of aromatic nitrogens is 2. The second kappa shape index (κ2) is 8.74. The summed E-state index contributed by atoms with van der Waals surface area (Å²) in [6.45, 7) is 8.59. The maximum atomic E-state index is 13.0. The number of hydrogen-bond donors (Lipinski definition) is 2. The topological polar surface area (TPSA) is 89.8 Å². The number of aryl methyl sites for hydroxylation is 3. The van der Waals surface area contributed by atoms with E-state index in [0.29, 0.717) is 29.6 Å². The zero-order chi connectivity index (χ0) is 22.8. The predicted octanol–water partition coefficient (Wildman–Crippen LogP) is 3.78. The Morgan fingerprint density at radius 1 is 1.12 bits per heavy atom. The zero-order valence-corrected chi connectivity index (χ0v) is 18.9. The van der Waals surface area contributed by atoms with Crippen molar-refractivity contribution in [3.05, 3.63) is 70.0 Å². The quantitative estimate of drug-likeness (QED) is 0.483. The standard InChI is InChI=1S/C24H27N5O3/c1-14-7-6-8-20(15(14)2)26-24(25-12-19-16(3)28-29(5)17(19)4)27-23(30)18-9-10-21-22(11-18)32-13-31-21/h6-11H,12-13H2,1-5H3,(H2,25,26,27,30). The number of anilines is 1. The first-order chi connectivity index (χ1) is 15.3.